The van der Waals surface area contributed by atoms with E-state index < -0.39 is 0 Å². The van der Waals surface area contributed by atoms with Crippen molar-refractivity contribution >= 4 is 11.0 Å². The van der Waals surface area contributed by atoms with Crippen molar-refractivity contribution in [3.8, 4) is 11.5 Å². The summed E-state index contributed by atoms with van der Waals surface area (Å²) in [5, 5.41) is 0.861. The molecule has 0 radical (unpaired) electrons. The van der Waals surface area contributed by atoms with Crippen LogP contribution in [0.5, 0.6) is 11.5 Å². The van der Waals surface area contributed by atoms with E-state index in [-0.39, 0.29) is 5.82 Å². The molecule has 2 aromatic carbocycles. The van der Waals surface area contributed by atoms with Gasteiger partial charge in [-0.1, -0.05) is 0 Å². The molecule has 3 rings (SSSR count). The van der Waals surface area contributed by atoms with Crippen LogP contribution in [-0.2, 0) is 6.61 Å². The molecule has 0 aliphatic carbocycles. The van der Waals surface area contributed by atoms with Gasteiger partial charge in [0.15, 0.2) is 0 Å². The molecule has 0 spiro atoms. The van der Waals surface area contributed by atoms with E-state index in [4.69, 9.17) is 13.9 Å². The molecule has 4 heteroatoms. The quantitative estimate of drug-likeness (QED) is 0.714. The van der Waals surface area contributed by atoms with Gasteiger partial charge in [0.2, 0.25) is 0 Å². The first kappa shape index (κ1) is 12.5. The second-order valence-electron chi connectivity index (χ2n) is 4.37. The Kier molecular flexibility index (Phi) is 3.29. The number of methoxy groups -OCH3 is 1. The van der Waals surface area contributed by atoms with E-state index in [0.717, 1.165) is 22.4 Å². The van der Waals surface area contributed by atoms with Crippen LogP contribution in [0.2, 0.25) is 0 Å². The normalized spacial score (nSPS) is 10.7. The van der Waals surface area contributed by atoms with Gasteiger partial charge in [0.25, 0.3) is 0 Å². The van der Waals surface area contributed by atoms with Crippen molar-refractivity contribution in [1.82, 2.24) is 0 Å². The highest BCUT2D eigenvalue weighted by atomic mass is 19.1. The largest absolute Gasteiger partial charge is 0.497 e. The zero-order chi connectivity index (χ0) is 13.9. The zero-order valence-electron chi connectivity index (χ0n) is 10.9. The minimum atomic E-state index is -0.311. The van der Waals surface area contributed by atoms with Crippen LogP contribution in [0.4, 0.5) is 4.39 Å². The van der Waals surface area contributed by atoms with Gasteiger partial charge in [-0.3, -0.25) is 0 Å². The average Bonchev–Trinajstić information content (AvgIpc) is 2.88. The second-order valence-corrected chi connectivity index (χ2v) is 4.37. The van der Waals surface area contributed by atoms with E-state index >= 15 is 0 Å². The maximum Gasteiger partial charge on any atom is 0.137 e. The molecule has 0 atom stereocenters. The highest BCUT2D eigenvalue weighted by molar-refractivity contribution is 5.80. The summed E-state index contributed by atoms with van der Waals surface area (Å²) in [6, 6.07) is 11.8. The SMILES string of the molecule is COc1ccc(OCc2coc3cc(F)ccc23)cc1. The van der Waals surface area contributed by atoms with Crippen molar-refractivity contribution in [2.75, 3.05) is 7.11 Å². The maximum absolute atomic E-state index is 13.1. The Morgan fingerprint density at radius 3 is 2.55 bits per heavy atom. The summed E-state index contributed by atoms with van der Waals surface area (Å²) < 4.78 is 29.1. The predicted molar refractivity (Wildman–Crippen MR) is 73.5 cm³/mol. The summed E-state index contributed by atoms with van der Waals surface area (Å²) in [6.45, 7) is 0.366. The average molecular weight is 272 g/mol. The van der Waals surface area contributed by atoms with E-state index in [9.17, 15) is 4.39 Å². The molecular weight excluding hydrogens is 259 g/mol. The Labute approximate surface area is 115 Å². The highest BCUT2D eigenvalue weighted by Gasteiger charge is 2.07. The van der Waals surface area contributed by atoms with Gasteiger partial charge in [0, 0.05) is 17.0 Å². The fourth-order valence-electron chi connectivity index (χ4n) is 2.00. The number of halogens is 1. The van der Waals surface area contributed by atoms with Crippen LogP contribution in [0.1, 0.15) is 5.56 Å². The summed E-state index contributed by atoms with van der Waals surface area (Å²) in [6.07, 6.45) is 1.59. The van der Waals surface area contributed by atoms with Crippen molar-refractivity contribution < 1.29 is 18.3 Å². The van der Waals surface area contributed by atoms with Crippen LogP contribution in [0.15, 0.2) is 53.1 Å². The van der Waals surface area contributed by atoms with Gasteiger partial charge in [0.1, 0.15) is 29.5 Å². The van der Waals surface area contributed by atoms with Gasteiger partial charge in [-0.2, -0.15) is 0 Å². The number of rotatable bonds is 4. The summed E-state index contributed by atoms with van der Waals surface area (Å²) in [5.74, 6) is 1.21. The van der Waals surface area contributed by atoms with E-state index in [2.05, 4.69) is 0 Å². The molecule has 0 bridgehead atoms. The molecule has 0 aliphatic heterocycles. The third-order valence-electron chi connectivity index (χ3n) is 3.07. The van der Waals surface area contributed by atoms with Crippen molar-refractivity contribution in [2.24, 2.45) is 0 Å². The summed E-state index contributed by atoms with van der Waals surface area (Å²) >= 11 is 0. The number of hydrogen-bond donors (Lipinski definition) is 0. The molecule has 20 heavy (non-hydrogen) atoms. The maximum atomic E-state index is 13.1. The fourth-order valence-corrected chi connectivity index (χ4v) is 2.00. The molecule has 1 heterocycles. The molecule has 102 valence electrons. The standard InChI is InChI=1S/C16H13FO3/c1-18-13-3-5-14(6-4-13)19-9-11-10-20-16-8-12(17)2-7-15(11)16/h2-8,10H,9H2,1H3. The minimum absolute atomic E-state index is 0.311. The van der Waals surface area contributed by atoms with E-state index in [0.29, 0.717) is 12.2 Å². The Balaban J connectivity index is 1.76. The highest BCUT2D eigenvalue weighted by Crippen LogP contribution is 2.24. The van der Waals surface area contributed by atoms with E-state index in [1.165, 1.54) is 12.1 Å². The van der Waals surface area contributed by atoms with Crippen LogP contribution >= 0.6 is 0 Å². The van der Waals surface area contributed by atoms with Crippen LogP contribution in [-0.4, -0.2) is 7.11 Å². The Morgan fingerprint density at radius 2 is 1.80 bits per heavy atom. The number of hydrogen-bond acceptors (Lipinski definition) is 3. The summed E-state index contributed by atoms with van der Waals surface area (Å²) in [7, 11) is 1.62. The van der Waals surface area contributed by atoms with Crippen molar-refractivity contribution in [3.63, 3.8) is 0 Å². The third kappa shape index (κ3) is 2.45. The molecule has 0 fully saturated rings. The molecule has 0 saturated carbocycles. The second kappa shape index (κ2) is 5.25. The molecule has 0 unspecified atom stereocenters. The van der Waals surface area contributed by atoms with Crippen molar-refractivity contribution in [2.45, 2.75) is 6.61 Å². The van der Waals surface area contributed by atoms with E-state index in [1.54, 1.807) is 19.4 Å². The monoisotopic (exact) mass is 272 g/mol. The molecule has 0 N–H and O–H groups in total. The van der Waals surface area contributed by atoms with Gasteiger partial charge >= 0.3 is 0 Å². The van der Waals surface area contributed by atoms with Gasteiger partial charge in [0.05, 0.1) is 13.4 Å². The number of fused-ring (bicyclic) bond motifs is 1. The van der Waals surface area contributed by atoms with Crippen molar-refractivity contribution in [1.29, 1.82) is 0 Å². The summed E-state index contributed by atoms with van der Waals surface area (Å²) in [4.78, 5) is 0. The first-order valence-electron chi connectivity index (χ1n) is 6.19. The minimum Gasteiger partial charge on any atom is -0.497 e. The van der Waals surface area contributed by atoms with E-state index in [1.807, 2.05) is 24.3 Å². The predicted octanol–water partition coefficient (Wildman–Crippen LogP) is 4.16. The van der Waals surface area contributed by atoms with Crippen LogP contribution in [0.3, 0.4) is 0 Å². The van der Waals surface area contributed by atoms with Gasteiger partial charge < -0.3 is 13.9 Å². The molecule has 0 amide bonds. The third-order valence-corrected chi connectivity index (χ3v) is 3.07. The molecule has 0 aliphatic rings. The fraction of sp³-hybridized carbons (Fsp3) is 0.125. The lowest BCUT2D eigenvalue weighted by atomic mass is 10.2. The van der Waals surface area contributed by atoms with Crippen LogP contribution in [0.25, 0.3) is 11.0 Å². The smallest absolute Gasteiger partial charge is 0.137 e. The Hall–Kier alpha value is -2.49. The Bertz CT molecular complexity index is 716. The Morgan fingerprint density at radius 1 is 1.05 bits per heavy atom. The first-order chi connectivity index (χ1) is 9.76. The van der Waals surface area contributed by atoms with Crippen LogP contribution in [0, 0.1) is 5.82 Å². The van der Waals surface area contributed by atoms with Gasteiger partial charge in [-0.25, -0.2) is 4.39 Å². The number of benzene rings is 2. The topological polar surface area (TPSA) is 31.6 Å². The molecule has 3 nitrogen and oxygen atoms in total. The number of ether oxygens (including phenoxy) is 2. The lowest BCUT2D eigenvalue weighted by molar-refractivity contribution is 0.305. The summed E-state index contributed by atoms with van der Waals surface area (Å²) in [5.41, 5.74) is 1.41. The lowest BCUT2D eigenvalue weighted by Gasteiger charge is -2.06. The molecule has 3 aromatic rings. The lowest BCUT2D eigenvalue weighted by Crippen LogP contribution is -1.94. The molecule has 1 aromatic heterocycles. The zero-order valence-corrected chi connectivity index (χ0v) is 10.9. The van der Waals surface area contributed by atoms with Crippen molar-refractivity contribution in [3.05, 3.63) is 60.1 Å². The molecular formula is C16H13FO3. The number of furan rings is 1. The van der Waals surface area contributed by atoms with Crippen LogP contribution < -0.4 is 9.47 Å². The van der Waals surface area contributed by atoms with Gasteiger partial charge in [-0.05, 0) is 36.4 Å². The first-order valence-corrected chi connectivity index (χ1v) is 6.19. The van der Waals surface area contributed by atoms with Gasteiger partial charge in [-0.15, -0.1) is 0 Å². The molecule has 0 saturated heterocycles.